The summed E-state index contributed by atoms with van der Waals surface area (Å²) in [6.07, 6.45) is -3.68. The van der Waals surface area contributed by atoms with Gasteiger partial charge in [-0.2, -0.15) is 0 Å². The molecule has 7 heteroatoms. The van der Waals surface area contributed by atoms with Crippen molar-refractivity contribution in [3.8, 4) is 0 Å². The molecular weight excluding hydrogens is 326 g/mol. The molecule has 1 aromatic rings. The van der Waals surface area contributed by atoms with Gasteiger partial charge >= 0.3 is 5.97 Å². The van der Waals surface area contributed by atoms with Crippen molar-refractivity contribution in [2.75, 3.05) is 0 Å². The smallest absolute Gasteiger partial charge is 0.307 e. The summed E-state index contributed by atoms with van der Waals surface area (Å²) in [5.41, 5.74) is -1.28. The Morgan fingerprint density at radius 2 is 2.20 bits per heavy atom. The third kappa shape index (κ3) is 3.05. The molecule has 0 radical (unpaired) electrons. The first-order chi connectivity index (χ1) is 6.91. The highest BCUT2D eigenvalue weighted by Crippen LogP contribution is 2.24. The minimum Gasteiger partial charge on any atom is -0.481 e. The van der Waals surface area contributed by atoms with Crippen LogP contribution in [0, 0.1) is 9.52 Å². The van der Waals surface area contributed by atoms with Crippen LogP contribution in [-0.4, -0.2) is 16.1 Å². The molecule has 0 spiro atoms. The molecule has 82 valence electrons. The van der Waals surface area contributed by atoms with Crippen LogP contribution < -0.4 is 0 Å². The maximum Gasteiger partial charge on any atom is 0.307 e. The Kier molecular flexibility index (Phi) is 3.89. The van der Waals surface area contributed by atoms with Crippen LogP contribution >= 0.6 is 22.6 Å². The van der Waals surface area contributed by atoms with Crippen LogP contribution in [0.2, 0.25) is 0 Å². The zero-order valence-electron chi connectivity index (χ0n) is 7.18. The Labute approximate surface area is 96.5 Å². The topological polar surface area (TPSA) is 50.2 Å². The van der Waals surface area contributed by atoms with Crippen molar-refractivity contribution in [2.24, 2.45) is 0 Å². The van der Waals surface area contributed by atoms with E-state index in [0.29, 0.717) is 0 Å². The van der Waals surface area contributed by atoms with E-state index in [1.54, 1.807) is 22.6 Å². The molecule has 0 atom stereocenters. The van der Waals surface area contributed by atoms with E-state index in [1.165, 1.54) is 0 Å². The largest absolute Gasteiger partial charge is 0.481 e. The molecule has 3 nitrogen and oxygen atoms in total. The van der Waals surface area contributed by atoms with Crippen LogP contribution in [-0.2, 0) is 11.2 Å². The lowest BCUT2D eigenvalue weighted by Crippen LogP contribution is -2.08. The summed E-state index contributed by atoms with van der Waals surface area (Å²) < 4.78 is 37.9. The Bertz CT molecular complexity index is 398. The van der Waals surface area contributed by atoms with Crippen molar-refractivity contribution in [1.82, 2.24) is 4.98 Å². The summed E-state index contributed by atoms with van der Waals surface area (Å²) in [5.74, 6) is -2.52. The summed E-state index contributed by atoms with van der Waals surface area (Å²) in [7, 11) is 0. The standard InChI is InChI=1S/C8H5F3INO2/c9-6-3(2-5(14)15)1-4(12)13-7(6)8(10)11/h1,8H,2H2,(H,14,15). The van der Waals surface area contributed by atoms with E-state index in [-0.39, 0.29) is 9.26 Å². The van der Waals surface area contributed by atoms with E-state index in [1.807, 2.05) is 0 Å². The summed E-state index contributed by atoms with van der Waals surface area (Å²) in [5, 5.41) is 8.43. The van der Waals surface area contributed by atoms with E-state index in [9.17, 15) is 18.0 Å². The first kappa shape index (κ1) is 12.2. The van der Waals surface area contributed by atoms with E-state index in [2.05, 4.69) is 4.98 Å². The van der Waals surface area contributed by atoms with Gasteiger partial charge in [-0.05, 0) is 28.7 Å². The quantitative estimate of drug-likeness (QED) is 0.684. The van der Waals surface area contributed by atoms with E-state index in [4.69, 9.17) is 5.11 Å². The number of pyridine rings is 1. The second-order valence-corrected chi connectivity index (χ2v) is 3.78. The van der Waals surface area contributed by atoms with Crippen LogP contribution in [0.3, 0.4) is 0 Å². The fourth-order valence-electron chi connectivity index (χ4n) is 1.00. The number of carboxylic acids is 1. The fourth-order valence-corrected chi connectivity index (χ4v) is 1.64. The number of aromatic nitrogens is 1. The van der Waals surface area contributed by atoms with Crippen LogP contribution in [0.1, 0.15) is 17.7 Å². The van der Waals surface area contributed by atoms with Gasteiger partial charge in [-0.15, -0.1) is 0 Å². The first-order valence-corrected chi connectivity index (χ1v) is 4.84. The highest BCUT2D eigenvalue weighted by atomic mass is 127. The molecule has 0 aliphatic heterocycles. The third-order valence-electron chi connectivity index (χ3n) is 1.58. The monoisotopic (exact) mass is 331 g/mol. The molecule has 0 fully saturated rings. The minimum atomic E-state index is -3.05. The zero-order valence-corrected chi connectivity index (χ0v) is 9.33. The normalized spacial score (nSPS) is 10.7. The van der Waals surface area contributed by atoms with Gasteiger partial charge in [-0.1, -0.05) is 0 Å². The molecule has 1 rings (SSSR count). The summed E-state index contributed by atoms with van der Waals surface area (Å²) in [6.45, 7) is 0. The number of halogens is 4. The zero-order chi connectivity index (χ0) is 11.6. The lowest BCUT2D eigenvalue weighted by atomic mass is 10.1. The molecule has 1 aromatic heterocycles. The second kappa shape index (κ2) is 4.77. The molecule has 0 aliphatic rings. The van der Waals surface area contributed by atoms with Gasteiger partial charge in [0.2, 0.25) is 0 Å². The third-order valence-corrected chi connectivity index (χ3v) is 2.13. The fraction of sp³-hybridized carbons (Fsp3) is 0.250. The molecule has 1 heterocycles. The van der Waals surface area contributed by atoms with Crippen molar-refractivity contribution >= 4 is 28.6 Å². The predicted octanol–water partition coefficient (Wildman–Crippen LogP) is 2.39. The Hall–Kier alpha value is -0.860. The van der Waals surface area contributed by atoms with Gasteiger partial charge in [0.1, 0.15) is 9.39 Å². The highest BCUT2D eigenvalue weighted by molar-refractivity contribution is 14.1. The number of hydrogen-bond donors (Lipinski definition) is 1. The van der Waals surface area contributed by atoms with Crippen molar-refractivity contribution in [3.05, 3.63) is 26.8 Å². The van der Waals surface area contributed by atoms with Crippen LogP contribution in [0.4, 0.5) is 13.2 Å². The Balaban J connectivity index is 3.21. The highest BCUT2D eigenvalue weighted by Gasteiger charge is 2.20. The van der Waals surface area contributed by atoms with Gasteiger partial charge in [-0.3, -0.25) is 4.79 Å². The maximum absolute atomic E-state index is 13.3. The molecule has 0 amide bonds. The molecule has 0 bridgehead atoms. The number of carboxylic acid groups (broad SMARTS) is 1. The molecule has 0 unspecified atom stereocenters. The van der Waals surface area contributed by atoms with Crippen molar-refractivity contribution in [1.29, 1.82) is 0 Å². The summed E-state index contributed by atoms with van der Waals surface area (Å²) in [4.78, 5) is 13.6. The SMILES string of the molecule is O=C(O)Cc1cc(I)nc(C(F)F)c1F. The number of aliphatic carboxylic acids is 1. The van der Waals surface area contributed by atoms with E-state index >= 15 is 0 Å². The van der Waals surface area contributed by atoms with Crippen molar-refractivity contribution < 1.29 is 23.1 Å². The molecule has 15 heavy (non-hydrogen) atoms. The lowest BCUT2D eigenvalue weighted by molar-refractivity contribution is -0.136. The molecule has 0 saturated heterocycles. The van der Waals surface area contributed by atoms with E-state index in [0.717, 1.165) is 6.07 Å². The summed E-state index contributed by atoms with van der Waals surface area (Å²) >= 11 is 1.62. The first-order valence-electron chi connectivity index (χ1n) is 3.76. The van der Waals surface area contributed by atoms with Gasteiger partial charge in [-0.25, -0.2) is 18.2 Å². The lowest BCUT2D eigenvalue weighted by Gasteiger charge is -2.06. The number of alkyl halides is 2. The molecule has 0 saturated carbocycles. The molecular formula is C8H5F3INO2. The van der Waals surface area contributed by atoms with Crippen LogP contribution in [0.15, 0.2) is 6.07 Å². The summed E-state index contributed by atoms with van der Waals surface area (Å²) in [6, 6.07) is 1.13. The van der Waals surface area contributed by atoms with Gasteiger partial charge < -0.3 is 5.11 Å². The molecule has 1 N–H and O–H groups in total. The predicted molar refractivity (Wildman–Crippen MR) is 53.2 cm³/mol. The Morgan fingerprint density at radius 3 is 2.67 bits per heavy atom. The molecule has 0 aromatic carbocycles. The maximum atomic E-state index is 13.3. The van der Waals surface area contributed by atoms with E-state index < -0.39 is 30.3 Å². The average Bonchev–Trinajstić information content (AvgIpc) is 2.09. The number of nitrogens with zero attached hydrogens (tertiary/aromatic N) is 1. The van der Waals surface area contributed by atoms with Gasteiger partial charge in [0.05, 0.1) is 6.42 Å². The number of carbonyl (C=O) groups is 1. The van der Waals surface area contributed by atoms with Gasteiger partial charge in [0.25, 0.3) is 6.43 Å². The minimum absolute atomic E-state index is 0.139. The van der Waals surface area contributed by atoms with Gasteiger partial charge in [0.15, 0.2) is 5.82 Å². The molecule has 0 aliphatic carbocycles. The number of rotatable bonds is 3. The van der Waals surface area contributed by atoms with Crippen LogP contribution in [0.25, 0.3) is 0 Å². The number of hydrogen-bond acceptors (Lipinski definition) is 2. The second-order valence-electron chi connectivity index (χ2n) is 2.67. The average molecular weight is 331 g/mol. The van der Waals surface area contributed by atoms with Crippen molar-refractivity contribution in [2.45, 2.75) is 12.8 Å². The Morgan fingerprint density at radius 1 is 1.60 bits per heavy atom. The van der Waals surface area contributed by atoms with Crippen LogP contribution in [0.5, 0.6) is 0 Å². The van der Waals surface area contributed by atoms with Crippen molar-refractivity contribution in [3.63, 3.8) is 0 Å². The van der Waals surface area contributed by atoms with Gasteiger partial charge in [0, 0.05) is 5.56 Å².